The van der Waals surface area contributed by atoms with E-state index in [1.54, 1.807) is 21.7 Å². The van der Waals surface area contributed by atoms with Crippen LogP contribution in [0.2, 0.25) is 5.02 Å². The maximum atomic E-state index is 13.6. The lowest BCUT2D eigenvalue weighted by Gasteiger charge is -2.36. The number of fused-ring (bicyclic) bond motifs is 1. The van der Waals surface area contributed by atoms with E-state index in [0.717, 1.165) is 23.3 Å². The van der Waals surface area contributed by atoms with Crippen LogP contribution in [0.5, 0.6) is 0 Å². The Hall–Kier alpha value is -4.12. The Labute approximate surface area is 235 Å². The van der Waals surface area contributed by atoms with Crippen molar-refractivity contribution in [1.82, 2.24) is 24.6 Å². The van der Waals surface area contributed by atoms with Crippen LogP contribution in [0, 0.1) is 28.8 Å². The molecular weight excluding hydrogens is 537 g/mol. The number of anilines is 1. The Kier molecular flexibility index (Phi) is 7.66. The lowest BCUT2D eigenvalue weighted by atomic mass is 10.1. The number of aromatic nitrogens is 4. The number of carbonyl (C=O) groups is 1. The third-order valence-electron chi connectivity index (χ3n) is 7.01. The van der Waals surface area contributed by atoms with Crippen molar-refractivity contribution in [2.75, 3.05) is 31.1 Å². The molecule has 0 atom stereocenters. The second-order valence-corrected chi connectivity index (χ2v) is 10.7. The minimum atomic E-state index is -0.545. The smallest absolute Gasteiger partial charge is 0.270 e. The van der Waals surface area contributed by atoms with Gasteiger partial charge in [-0.2, -0.15) is 5.10 Å². The molecule has 10 nitrogen and oxygen atoms in total. The Morgan fingerprint density at radius 1 is 1.10 bits per heavy atom. The zero-order valence-electron chi connectivity index (χ0n) is 22.5. The van der Waals surface area contributed by atoms with Crippen molar-refractivity contribution in [2.45, 2.75) is 33.6 Å². The molecular formula is C28H29ClFN7O3. The normalized spacial score (nSPS) is 13.8. The third kappa shape index (κ3) is 5.46. The van der Waals surface area contributed by atoms with Crippen LogP contribution in [0.4, 0.5) is 15.9 Å². The monoisotopic (exact) mass is 565 g/mol. The summed E-state index contributed by atoms with van der Waals surface area (Å²) in [6.45, 7) is 8.09. The second kappa shape index (κ2) is 11.2. The van der Waals surface area contributed by atoms with E-state index in [-0.39, 0.29) is 28.0 Å². The fourth-order valence-electron chi connectivity index (χ4n) is 4.81. The van der Waals surface area contributed by atoms with Crippen molar-refractivity contribution < 1.29 is 14.1 Å². The Morgan fingerprint density at radius 3 is 2.42 bits per heavy atom. The summed E-state index contributed by atoms with van der Waals surface area (Å²) in [6, 6.07) is 10.0. The number of nitro groups is 1. The minimum absolute atomic E-state index is 0.0535. The highest BCUT2D eigenvalue weighted by Gasteiger charge is 2.28. The number of piperazine rings is 1. The molecule has 5 rings (SSSR count). The molecule has 1 aliphatic heterocycles. The predicted octanol–water partition coefficient (Wildman–Crippen LogP) is 5.38. The van der Waals surface area contributed by atoms with Crippen molar-refractivity contribution in [3.05, 3.63) is 80.5 Å². The van der Waals surface area contributed by atoms with Gasteiger partial charge in [0.15, 0.2) is 5.65 Å². The number of non-ortho nitro benzene ring substituents is 1. The van der Waals surface area contributed by atoms with Crippen molar-refractivity contribution in [1.29, 1.82) is 0 Å². The van der Waals surface area contributed by atoms with Crippen LogP contribution < -0.4 is 4.90 Å². The van der Waals surface area contributed by atoms with Gasteiger partial charge in [-0.15, -0.1) is 0 Å². The van der Waals surface area contributed by atoms with E-state index in [1.807, 2.05) is 6.92 Å². The van der Waals surface area contributed by atoms with Gasteiger partial charge in [-0.25, -0.2) is 19.0 Å². The van der Waals surface area contributed by atoms with Crippen LogP contribution >= 0.6 is 11.6 Å². The van der Waals surface area contributed by atoms with Crippen LogP contribution in [-0.4, -0.2) is 61.7 Å². The number of hydrogen-bond acceptors (Lipinski definition) is 7. The average Bonchev–Trinajstić information content (AvgIpc) is 3.27. The molecule has 12 heteroatoms. The van der Waals surface area contributed by atoms with Gasteiger partial charge in [-0.3, -0.25) is 14.9 Å². The zero-order valence-corrected chi connectivity index (χ0v) is 23.2. The lowest BCUT2D eigenvalue weighted by Crippen LogP contribution is -2.49. The summed E-state index contributed by atoms with van der Waals surface area (Å²) in [5.74, 6) is 1.34. The molecule has 40 heavy (non-hydrogen) atoms. The molecule has 1 saturated heterocycles. The molecule has 0 aliphatic carbocycles. The topological polar surface area (TPSA) is 110 Å². The van der Waals surface area contributed by atoms with Gasteiger partial charge in [0.1, 0.15) is 17.5 Å². The van der Waals surface area contributed by atoms with Crippen molar-refractivity contribution in [3.8, 4) is 5.69 Å². The summed E-state index contributed by atoms with van der Waals surface area (Å²) in [5.41, 5.74) is 2.18. The first-order valence-corrected chi connectivity index (χ1v) is 13.5. The van der Waals surface area contributed by atoms with Crippen LogP contribution in [0.25, 0.3) is 16.7 Å². The fourth-order valence-corrected chi connectivity index (χ4v) is 5.06. The maximum Gasteiger partial charge on any atom is 0.270 e. The summed E-state index contributed by atoms with van der Waals surface area (Å²) in [4.78, 5) is 37.3. The van der Waals surface area contributed by atoms with Gasteiger partial charge in [0.2, 0.25) is 0 Å². The highest BCUT2D eigenvalue weighted by molar-refractivity contribution is 6.34. The van der Waals surface area contributed by atoms with Gasteiger partial charge < -0.3 is 9.80 Å². The first kappa shape index (κ1) is 27.4. The maximum absolute atomic E-state index is 13.6. The Bertz CT molecular complexity index is 1580. The first-order chi connectivity index (χ1) is 19.1. The number of nitrogens with zero attached hydrogens (tertiary/aromatic N) is 7. The largest absolute Gasteiger partial charge is 0.352 e. The number of rotatable bonds is 7. The number of benzene rings is 2. The van der Waals surface area contributed by atoms with E-state index in [1.165, 1.54) is 30.3 Å². The van der Waals surface area contributed by atoms with Crippen LogP contribution in [0.15, 0.2) is 42.5 Å². The molecule has 0 N–H and O–H groups in total. The van der Waals surface area contributed by atoms with Gasteiger partial charge in [0, 0.05) is 44.7 Å². The summed E-state index contributed by atoms with van der Waals surface area (Å²) in [7, 11) is 0. The van der Waals surface area contributed by atoms with Crippen LogP contribution in [0.3, 0.4) is 0 Å². The van der Waals surface area contributed by atoms with E-state index in [4.69, 9.17) is 26.7 Å². The molecule has 0 saturated carbocycles. The molecule has 1 fully saturated rings. The van der Waals surface area contributed by atoms with E-state index >= 15 is 0 Å². The molecule has 0 bridgehead atoms. The highest BCUT2D eigenvalue weighted by Crippen LogP contribution is 2.31. The molecule has 3 heterocycles. The zero-order chi connectivity index (χ0) is 28.6. The third-order valence-corrected chi connectivity index (χ3v) is 7.32. The summed E-state index contributed by atoms with van der Waals surface area (Å²) in [5, 5.41) is 16.6. The molecule has 1 amide bonds. The fraction of sp³-hybridized carbons (Fsp3) is 0.357. The SMILES string of the molecule is Cc1nn(-c2ccc(F)cc2)c2nc(CCC(C)C)nc(N3CCN(C(=O)c4ccc([N+](=O)[O-])cc4Cl)CC3)c12. The molecule has 2 aromatic heterocycles. The van der Waals surface area contributed by atoms with Crippen molar-refractivity contribution >= 4 is 40.0 Å². The van der Waals surface area contributed by atoms with Crippen molar-refractivity contribution in [3.63, 3.8) is 0 Å². The Balaban J connectivity index is 1.45. The van der Waals surface area contributed by atoms with Gasteiger partial charge >= 0.3 is 0 Å². The van der Waals surface area contributed by atoms with E-state index in [9.17, 15) is 19.3 Å². The second-order valence-electron chi connectivity index (χ2n) is 10.3. The quantitative estimate of drug-likeness (QED) is 0.219. The van der Waals surface area contributed by atoms with Gasteiger partial charge in [0.05, 0.1) is 32.3 Å². The minimum Gasteiger partial charge on any atom is -0.352 e. The Morgan fingerprint density at radius 2 is 1.80 bits per heavy atom. The van der Waals surface area contributed by atoms with E-state index in [2.05, 4.69) is 18.7 Å². The number of hydrogen-bond donors (Lipinski definition) is 0. The lowest BCUT2D eigenvalue weighted by molar-refractivity contribution is -0.384. The van der Waals surface area contributed by atoms with Gasteiger partial charge in [-0.05, 0) is 49.6 Å². The van der Waals surface area contributed by atoms with E-state index < -0.39 is 4.92 Å². The molecule has 2 aromatic carbocycles. The predicted molar refractivity (Wildman–Crippen MR) is 151 cm³/mol. The van der Waals surface area contributed by atoms with E-state index in [0.29, 0.717) is 55.7 Å². The molecule has 1 aliphatic rings. The molecule has 0 spiro atoms. The standard InChI is InChI=1S/C28H29ClFN7O3/c1-17(2)4-11-24-31-26(25-18(3)33-36(27(25)32-24)20-7-5-19(30)6-8-20)34-12-14-35(15-13-34)28(38)22-10-9-21(37(39)40)16-23(22)29/h5-10,16-17H,4,11-15H2,1-3H3. The van der Waals surface area contributed by atoms with Gasteiger partial charge in [-0.1, -0.05) is 25.4 Å². The summed E-state index contributed by atoms with van der Waals surface area (Å²) < 4.78 is 15.3. The summed E-state index contributed by atoms with van der Waals surface area (Å²) >= 11 is 6.22. The number of halogens is 2. The summed E-state index contributed by atoms with van der Waals surface area (Å²) in [6.07, 6.45) is 1.62. The first-order valence-electron chi connectivity index (χ1n) is 13.1. The van der Waals surface area contributed by atoms with Crippen LogP contribution in [-0.2, 0) is 6.42 Å². The van der Waals surface area contributed by atoms with Gasteiger partial charge in [0.25, 0.3) is 11.6 Å². The molecule has 0 radical (unpaired) electrons. The number of amides is 1. The number of carbonyl (C=O) groups excluding carboxylic acids is 1. The average molecular weight is 566 g/mol. The number of aryl methyl sites for hydroxylation is 2. The highest BCUT2D eigenvalue weighted by atomic mass is 35.5. The number of nitro benzene ring substituents is 1. The van der Waals surface area contributed by atoms with Crippen molar-refractivity contribution in [2.24, 2.45) is 5.92 Å². The van der Waals surface area contributed by atoms with Crippen LogP contribution in [0.1, 0.15) is 42.1 Å². The molecule has 0 unspecified atom stereocenters. The molecule has 208 valence electrons. The molecule has 4 aromatic rings.